The van der Waals surface area contributed by atoms with Crippen molar-refractivity contribution in [2.45, 2.75) is 31.5 Å². The highest BCUT2D eigenvalue weighted by molar-refractivity contribution is 5.84. The number of carbonyl (C=O) groups is 2. The van der Waals surface area contributed by atoms with Crippen molar-refractivity contribution in [1.29, 1.82) is 0 Å². The fourth-order valence-electron chi connectivity index (χ4n) is 2.33. The van der Waals surface area contributed by atoms with Crippen molar-refractivity contribution >= 4 is 11.8 Å². The molecule has 1 aliphatic heterocycles. The van der Waals surface area contributed by atoms with Crippen LogP contribution in [0.4, 0.5) is 0 Å². The average Bonchev–Trinajstić information content (AvgIpc) is 3.13. The second-order valence-electron chi connectivity index (χ2n) is 4.63. The minimum atomic E-state index is -1.27. The van der Waals surface area contributed by atoms with Crippen LogP contribution in [0.3, 0.4) is 0 Å². The van der Waals surface area contributed by atoms with Crippen LogP contribution in [0.1, 0.15) is 18.6 Å². The summed E-state index contributed by atoms with van der Waals surface area (Å²) in [5.41, 5.74) is 5.32. The van der Waals surface area contributed by atoms with Gasteiger partial charge in [0.2, 0.25) is 5.91 Å². The van der Waals surface area contributed by atoms with E-state index in [9.17, 15) is 14.7 Å². The Morgan fingerprint density at radius 3 is 3.10 bits per heavy atom. The molecule has 110 valence electrons. The number of nitrogens with zero attached hydrogens (tertiary/aromatic N) is 2. The van der Waals surface area contributed by atoms with Crippen LogP contribution in [-0.2, 0) is 16.1 Å². The minimum absolute atomic E-state index is 0.122. The number of hydrogen-bond donors (Lipinski definition) is 3. The maximum Gasteiger partial charge on any atom is 0.251 e. The van der Waals surface area contributed by atoms with Gasteiger partial charge in [0.05, 0.1) is 25.3 Å². The van der Waals surface area contributed by atoms with Crippen molar-refractivity contribution in [2.75, 3.05) is 13.1 Å². The summed E-state index contributed by atoms with van der Waals surface area (Å²) >= 11 is 0. The lowest BCUT2D eigenvalue weighted by Crippen LogP contribution is -2.50. The first kappa shape index (κ1) is 14.5. The summed E-state index contributed by atoms with van der Waals surface area (Å²) in [5, 5.41) is 12.6. The monoisotopic (exact) mass is 282 g/mol. The summed E-state index contributed by atoms with van der Waals surface area (Å²) in [6.45, 7) is 0.545. The molecule has 2 heterocycles. The molecule has 0 saturated carbocycles. The number of hydrogen-bond acceptors (Lipinski definition) is 6. The Balaban J connectivity index is 1.90. The third kappa shape index (κ3) is 3.14. The number of oxazole rings is 1. The molecule has 0 radical (unpaired) electrons. The molecule has 1 aromatic rings. The van der Waals surface area contributed by atoms with Gasteiger partial charge in [-0.2, -0.15) is 0 Å². The Morgan fingerprint density at radius 2 is 2.45 bits per heavy atom. The van der Waals surface area contributed by atoms with Crippen LogP contribution in [0, 0.1) is 0 Å². The molecular weight excluding hydrogens is 264 g/mol. The first-order chi connectivity index (χ1) is 9.63. The van der Waals surface area contributed by atoms with E-state index in [4.69, 9.17) is 10.2 Å². The third-order valence-corrected chi connectivity index (χ3v) is 3.35. The molecule has 1 aromatic heterocycles. The zero-order chi connectivity index (χ0) is 14.5. The Bertz CT molecular complexity index is 462. The first-order valence-corrected chi connectivity index (χ1v) is 6.46. The van der Waals surface area contributed by atoms with E-state index in [1.807, 2.05) is 0 Å². The topological polar surface area (TPSA) is 122 Å². The standard InChI is InChI=1S/C12H18N4O4/c13-4-10(17)16-3-1-2-9(16)11(18)12(19)15-6-8-5-14-7-20-8/h5,7,9,11,18H,1-4,6,13H2,(H,15,19)/t9-,11?/m0/s1. The Labute approximate surface area is 115 Å². The Hall–Kier alpha value is -1.93. The first-order valence-electron chi connectivity index (χ1n) is 6.46. The summed E-state index contributed by atoms with van der Waals surface area (Å²) in [5.74, 6) is -0.301. The predicted molar refractivity (Wildman–Crippen MR) is 68.1 cm³/mol. The normalized spacial score (nSPS) is 19.9. The van der Waals surface area contributed by atoms with E-state index in [0.29, 0.717) is 18.7 Å². The quantitative estimate of drug-likeness (QED) is 0.610. The number of aliphatic hydroxyl groups excluding tert-OH is 1. The van der Waals surface area contributed by atoms with Crippen LogP contribution in [0.2, 0.25) is 0 Å². The van der Waals surface area contributed by atoms with E-state index >= 15 is 0 Å². The SMILES string of the molecule is NCC(=O)N1CCC[C@H]1C(O)C(=O)NCc1cnco1. The van der Waals surface area contributed by atoms with Crippen molar-refractivity contribution in [2.24, 2.45) is 5.73 Å². The molecule has 20 heavy (non-hydrogen) atoms. The maximum atomic E-state index is 11.9. The van der Waals surface area contributed by atoms with Crippen LogP contribution >= 0.6 is 0 Å². The van der Waals surface area contributed by atoms with Gasteiger partial charge in [0.15, 0.2) is 12.5 Å². The van der Waals surface area contributed by atoms with Crippen LogP contribution in [0.15, 0.2) is 17.0 Å². The molecule has 2 rings (SSSR count). The molecule has 0 aromatic carbocycles. The van der Waals surface area contributed by atoms with Crippen LogP contribution in [0.25, 0.3) is 0 Å². The van der Waals surface area contributed by atoms with Gasteiger partial charge in [-0.05, 0) is 12.8 Å². The molecule has 0 aliphatic carbocycles. The molecular formula is C12H18N4O4. The van der Waals surface area contributed by atoms with Crippen molar-refractivity contribution in [3.8, 4) is 0 Å². The number of carbonyl (C=O) groups excluding carboxylic acids is 2. The minimum Gasteiger partial charge on any atom is -0.447 e. The Morgan fingerprint density at radius 1 is 1.65 bits per heavy atom. The summed E-state index contributed by atoms with van der Waals surface area (Å²) in [7, 11) is 0. The molecule has 0 bridgehead atoms. The van der Waals surface area contributed by atoms with Gasteiger partial charge in [-0.3, -0.25) is 9.59 Å². The molecule has 2 atom stereocenters. The smallest absolute Gasteiger partial charge is 0.251 e. The van der Waals surface area contributed by atoms with Gasteiger partial charge in [-0.1, -0.05) is 0 Å². The molecule has 1 fully saturated rings. The summed E-state index contributed by atoms with van der Waals surface area (Å²) in [6, 6.07) is -0.513. The number of nitrogens with two attached hydrogens (primary N) is 1. The number of aromatic nitrogens is 1. The van der Waals surface area contributed by atoms with E-state index in [1.165, 1.54) is 17.5 Å². The molecule has 2 amide bonds. The third-order valence-electron chi connectivity index (χ3n) is 3.35. The van der Waals surface area contributed by atoms with Gasteiger partial charge in [-0.25, -0.2) is 4.98 Å². The fraction of sp³-hybridized carbons (Fsp3) is 0.583. The molecule has 1 saturated heterocycles. The van der Waals surface area contributed by atoms with Crippen molar-refractivity contribution in [1.82, 2.24) is 15.2 Å². The fourth-order valence-corrected chi connectivity index (χ4v) is 2.33. The highest BCUT2D eigenvalue weighted by Crippen LogP contribution is 2.20. The zero-order valence-corrected chi connectivity index (χ0v) is 11.0. The van der Waals surface area contributed by atoms with Gasteiger partial charge >= 0.3 is 0 Å². The van der Waals surface area contributed by atoms with E-state index < -0.39 is 18.1 Å². The molecule has 1 unspecified atom stereocenters. The van der Waals surface area contributed by atoms with E-state index in [1.54, 1.807) is 0 Å². The van der Waals surface area contributed by atoms with Gasteiger partial charge in [-0.15, -0.1) is 0 Å². The average molecular weight is 282 g/mol. The maximum absolute atomic E-state index is 11.9. The predicted octanol–water partition coefficient (Wildman–Crippen LogP) is -1.40. The molecule has 8 nitrogen and oxygen atoms in total. The lowest BCUT2D eigenvalue weighted by atomic mass is 10.1. The van der Waals surface area contributed by atoms with Crippen LogP contribution in [0.5, 0.6) is 0 Å². The van der Waals surface area contributed by atoms with E-state index in [2.05, 4.69) is 10.3 Å². The highest BCUT2D eigenvalue weighted by Gasteiger charge is 2.36. The lowest BCUT2D eigenvalue weighted by molar-refractivity contribution is -0.138. The highest BCUT2D eigenvalue weighted by atomic mass is 16.3. The molecule has 4 N–H and O–H groups in total. The zero-order valence-electron chi connectivity index (χ0n) is 11.0. The van der Waals surface area contributed by atoms with Crippen molar-refractivity contribution < 1.29 is 19.1 Å². The summed E-state index contributed by atoms with van der Waals surface area (Å²) in [4.78, 5) is 28.7. The van der Waals surface area contributed by atoms with Gasteiger partial charge < -0.3 is 25.5 Å². The molecule has 8 heteroatoms. The van der Waals surface area contributed by atoms with Crippen molar-refractivity contribution in [3.05, 3.63) is 18.4 Å². The number of amides is 2. The van der Waals surface area contributed by atoms with Gasteiger partial charge in [0, 0.05) is 6.54 Å². The number of likely N-dealkylation sites (tertiary alicyclic amines) is 1. The second-order valence-corrected chi connectivity index (χ2v) is 4.63. The molecule has 1 aliphatic rings. The summed E-state index contributed by atoms with van der Waals surface area (Å²) in [6.07, 6.45) is 2.81. The van der Waals surface area contributed by atoms with Crippen LogP contribution < -0.4 is 11.1 Å². The number of nitrogens with one attached hydrogen (secondary N) is 1. The summed E-state index contributed by atoms with van der Waals surface area (Å²) < 4.78 is 4.98. The Kier molecular flexibility index (Phi) is 4.70. The number of aliphatic hydroxyl groups is 1. The van der Waals surface area contributed by atoms with Crippen molar-refractivity contribution in [3.63, 3.8) is 0 Å². The molecule has 0 spiro atoms. The van der Waals surface area contributed by atoms with Gasteiger partial charge in [0.25, 0.3) is 5.91 Å². The number of rotatable bonds is 5. The second kappa shape index (κ2) is 6.49. The largest absolute Gasteiger partial charge is 0.447 e. The van der Waals surface area contributed by atoms with E-state index in [-0.39, 0.29) is 19.0 Å². The van der Waals surface area contributed by atoms with Gasteiger partial charge in [0.1, 0.15) is 5.76 Å². The lowest BCUT2D eigenvalue weighted by Gasteiger charge is -2.27. The van der Waals surface area contributed by atoms with E-state index in [0.717, 1.165) is 6.42 Å². The van der Waals surface area contributed by atoms with Crippen LogP contribution in [-0.4, -0.2) is 52.0 Å².